The van der Waals surface area contributed by atoms with Gasteiger partial charge in [0.05, 0.1) is 5.92 Å². The molecule has 1 aromatic carbocycles. The molecule has 1 fully saturated rings. The molecule has 3 rings (SSSR count). The lowest BCUT2D eigenvalue weighted by molar-refractivity contribution is -0.141. The molecule has 20 heavy (non-hydrogen) atoms. The van der Waals surface area contributed by atoms with Crippen LogP contribution >= 0.6 is 11.6 Å². The fourth-order valence-corrected chi connectivity index (χ4v) is 2.60. The van der Waals surface area contributed by atoms with Crippen LogP contribution in [0.25, 0.3) is 11.0 Å². The maximum Gasteiger partial charge on any atom is 0.308 e. The molecular weight excluding hydrogens is 282 g/mol. The Hall–Kier alpha value is -2.01. The van der Waals surface area contributed by atoms with E-state index in [2.05, 4.69) is 0 Å². The highest BCUT2D eigenvalue weighted by molar-refractivity contribution is 6.31. The van der Waals surface area contributed by atoms with Gasteiger partial charge in [-0.15, -0.1) is 0 Å². The number of hydrogen-bond donors (Lipinski definition) is 1. The van der Waals surface area contributed by atoms with E-state index in [1.807, 2.05) is 0 Å². The molecule has 0 spiro atoms. The molecule has 1 aliphatic rings. The van der Waals surface area contributed by atoms with E-state index in [1.165, 1.54) is 4.90 Å². The lowest BCUT2D eigenvalue weighted by atomic mass is 10.1. The van der Waals surface area contributed by atoms with Gasteiger partial charge in [-0.25, -0.2) is 0 Å². The van der Waals surface area contributed by atoms with Crippen LogP contribution in [-0.2, 0) is 4.79 Å². The SMILES string of the molecule is O=C(O)[C@H]1CCN(C(=O)c2cc3cc(Cl)ccc3o2)C1. The van der Waals surface area contributed by atoms with Crippen molar-refractivity contribution in [2.75, 3.05) is 13.1 Å². The van der Waals surface area contributed by atoms with Crippen LogP contribution in [0.15, 0.2) is 28.7 Å². The van der Waals surface area contributed by atoms with Gasteiger partial charge in [0.1, 0.15) is 5.58 Å². The molecule has 0 bridgehead atoms. The first kappa shape index (κ1) is 13.0. The summed E-state index contributed by atoms with van der Waals surface area (Å²) in [5, 5.41) is 10.3. The first-order chi connectivity index (χ1) is 9.54. The second-order valence-electron chi connectivity index (χ2n) is 4.87. The van der Waals surface area contributed by atoms with E-state index in [0.717, 1.165) is 5.39 Å². The van der Waals surface area contributed by atoms with Gasteiger partial charge in [0.2, 0.25) is 0 Å². The molecule has 2 heterocycles. The van der Waals surface area contributed by atoms with Crippen LogP contribution in [0.3, 0.4) is 0 Å². The summed E-state index contributed by atoms with van der Waals surface area (Å²) in [7, 11) is 0. The van der Waals surface area contributed by atoms with Gasteiger partial charge < -0.3 is 14.4 Å². The van der Waals surface area contributed by atoms with Gasteiger partial charge in [-0.3, -0.25) is 9.59 Å². The molecule has 6 heteroatoms. The second-order valence-corrected chi connectivity index (χ2v) is 5.30. The molecule has 0 unspecified atom stereocenters. The minimum atomic E-state index is -0.864. The molecular formula is C14H12ClNO4. The third-order valence-electron chi connectivity index (χ3n) is 3.51. The number of carbonyl (C=O) groups excluding carboxylic acids is 1. The Morgan fingerprint density at radius 1 is 1.35 bits per heavy atom. The summed E-state index contributed by atoms with van der Waals surface area (Å²) in [4.78, 5) is 24.7. The van der Waals surface area contributed by atoms with E-state index >= 15 is 0 Å². The smallest absolute Gasteiger partial charge is 0.308 e. The summed E-state index contributed by atoms with van der Waals surface area (Å²) in [6.45, 7) is 0.666. The fraction of sp³-hybridized carbons (Fsp3) is 0.286. The highest BCUT2D eigenvalue weighted by atomic mass is 35.5. The normalized spacial score (nSPS) is 18.6. The van der Waals surface area contributed by atoms with Gasteiger partial charge >= 0.3 is 5.97 Å². The van der Waals surface area contributed by atoms with Crippen LogP contribution in [0.1, 0.15) is 17.0 Å². The van der Waals surface area contributed by atoms with Crippen LogP contribution in [-0.4, -0.2) is 35.0 Å². The van der Waals surface area contributed by atoms with E-state index in [1.54, 1.807) is 24.3 Å². The van der Waals surface area contributed by atoms with Crippen molar-refractivity contribution in [3.8, 4) is 0 Å². The molecule has 1 amide bonds. The number of likely N-dealkylation sites (tertiary alicyclic amines) is 1. The molecule has 5 nitrogen and oxygen atoms in total. The zero-order chi connectivity index (χ0) is 14.3. The number of halogens is 1. The summed E-state index contributed by atoms with van der Waals surface area (Å²) in [5.41, 5.74) is 0.590. The van der Waals surface area contributed by atoms with Crippen LogP contribution in [0, 0.1) is 5.92 Å². The van der Waals surface area contributed by atoms with Crippen LogP contribution < -0.4 is 0 Å². The van der Waals surface area contributed by atoms with Gasteiger partial charge in [-0.1, -0.05) is 11.6 Å². The van der Waals surface area contributed by atoms with E-state index < -0.39 is 11.9 Å². The summed E-state index contributed by atoms with van der Waals surface area (Å²) < 4.78 is 5.50. The lowest BCUT2D eigenvalue weighted by Crippen LogP contribution is -2.29. The highest BCUT2D eigenvalue weighted by Crippen LogP contribution is 2.25. The van der Waals surface area contributed by atoms with Gasteiger partial charge in [-0.05, 0) is 30.7 Å². The first-order valence-electron chi connectivity index (χ1n) is 6.26. The summed E-state index contributed by atoms with van der Waals surface area (Å²) in [5.74, 6) is -1.41. The van der Waals surface area contributed by atoms with Crippen LogP contribution in [0.4, 0.5) is 0 Å². The second kappa shape index (κ2) is 4.83. The summed E-state index contributed by atoms with van der Waals surface area (Å²) >= 11 is 5.89. The number of benzene rings is 1. The van der Waals surface area contributed by atoms with Crippen molar-refractivity contribution in [3.63, 3.8) is 0 Å². The predicted octanol–water partition coefficient (Wildman–Crippen LogP) is 2.63. The quantitative estimate of drug-likeness (QED) is 0.924. The molecule has 104 valence electrons. The Bertz CT molecular complexity index is 694. The summed E-state index contributed by atoms with van der Waals surface area (Å²) in [6.07, 6.45) is 0.479. The lowest BCUT2D eigenvalue weighted by Gasteiger charge is -2.13. The molecule has 0 aliphatic carbocycles. The van der Waals surface area contributed by atoms with Crippen LogP contribution in [0.2, 0.25) is 5.02 Å². The van der Waals surface area contributed by atoms with Crippen LogP contribution in [0.5, 0.6) is 0 Å². The first-order valence-corrected chi connectivity index (χ1v) is 6.63. The maximum atomic E-state index is 12.3. The Kier molecular flexibility index (Phi) is 3.14. The minimum absolute atomic E-state index is 0.216. The third kappa shape index (κ3) is 2.25. The molecule has 1 N–H and O–H groups in total. The van der Waals surface area contributed by atoms with Crippen molar-refractivity contribution >= 4 is 34.4 Å². The number of amides is 1. The highest BCUT2D eigenvalue weighted by Gasteiger charge is 2.32. The molecule has 1 aliphatic heterocycles. The Morgan fingerprint density at radius 3 is 2.85 bits per heavy atom. The molecule has 0 saturated carbocycles. The molecule has 2 aromatic rings. The zero-order valence-corrected chi connectivity index (χ0v) is 11.3. The third-order valence-corrected chi connectivity index (χ3v) is 3.75. The van der Waals surface area contributed by atoms with E-state index in [9.17, 15) is 9.59 Å². The topological polar surface area (TPSA) is 70.8 Å². The number of carboxylic acids is 1. The Labute approximate surface area is 119 Å². The fourth-order valence-electron chi connectivity index (χ4n) is 2.42. The standard InChI is InChI=1S/C14H12ClNO4/c15-10-1-2-11-9(5-10)6-12(20-11)13(17)16-4-3-8(7-16)14(18)19/h1-2,5-6,8H,3-4,7H2,(H,18,19)/t8-/m0/s1. The Balaban J connectivity index is 1.84. The Morgan fingerprint density at radius 2 is 2.15 bits per heavy atom. The van der Waals surface area contributed by atoms with Crippen molar-refractivity contribution in [1.29, 1.82) is 0 Å². The molecule has 1 aromatic heterocycles. The average molecular weight is 294 g/mol. The van der Waals surface area contributed by atoms with Crippen molar-refractivity contribution < 1.29 is 19.1 Å². The van der Waals surface area contributed by atoms with Gasteiger partial charge in [-0.2, -0.15) is 0 Å². The van der Waals surface area contributed by atoms with Gasteiger partial charge in [0.25, 0.3) is 5.91 Å². The number of carbonyl (C=O) groups is 2. The number of nitrogens with zero attached hydrogens (tertiary/aromatic N) is 1. The molecule has 1 atom stereocenters. The van der Waals surface area contributed by atoms with Gasteiger partial charge in [0, 0.05) is 23.5 Å². The number of fused-ring (bicyclic) bond motifs is 1. The van der Waals surface area contributed by atoms with Crippen molar-refractivity contribution in [3.05, 3.63) is 35.0 Å². The van der Waals surface area contributed by atoms with E-state index in [0.29, 0.717) is 23.6 Å². The predicted molar refractivity (Wildman–Crippen MR) is 72.9 cm³/mol. The molecule has 0 radical (unpaired) electrons. The van der Waals surface area contributed by atoms with Gasteiger partial charge in [0.15, 0.2) is 5.76 Å². The van der Waals surface area contributed by atoms with Crippen molar-refractivity contribution in [2.24, 2.45) is 5.92 Å². The minimum Gasteiger partial charge on any atom is -0.481 e. The number of furan rings is 1. The average Bonchev–Trinajstić information content (AvgIpc) is 3.03. The molecule has 1 saturated heterocycles. The van der Waals surface area contributed by atoms with Crippen molar-refractivity contribution in [2.45, 2.75) is 6.42 Å². The zero-order valence-electron chi connectivity index (χ0n) is 10.5. The number of rotatable bonds is 2. The summed E-state index contributed by atoms with van der Waals surface area (Å²) in [6, 6.07) is 6.76. The number of aliphatic carboxylic acids is 1. The number of carboxylic acid groups (broad SMARTS) is 1. The largest absolute Gasteiger partial charge is 0.481 e. The number of hydrogen-bond acceptors (Lipinski definition) is 3. The van der Waals surface area contributed by atoms with E-state index in [-0.39, 0.29) is 18.2 Å². The maximum absolute atomic E-state index is 12.3. The monoisotopic (exact) mass is 293 g/mol. The van der Waals surface area contributed by atoms with E-state index in [4.69, 9.17) is 21.1 Å². The van der Waals surface area contributed by atoms with Crippen molar-refractivity contribution in [1.82, 2.24) is 4.90 Å².